The van der Waals surface area contributed by atoms with E-state index in [0.29, 0.717) is 28.7 Å². The lowest BCUT2D eigenvalue weighted by Gasteiger charge is -2.10. The Morgan fingerprint density at radius 1 is 1.21 bits per heavy atom. The van der Waals surface area contributed by atoms with Crippen LogP contribution in [0.3, 0.4) is 0 Å². The zero-order valence-corrected chi connectivity index (χ0v) is 15.9. The van der Waals surface area contributed by atoms with E-state index < -0.39 is 5.97 Å². The van der Waals surface area contributed by atoms with Gasteiger partial charge in [0, 0.05) is 16.4 Å². The average molecular weight is 427 g/mol. The number of hydrogen-bond acceptors (Lipinski definition) is 1. The van der Waals surface area contributed by atoms with Crippen LogP contribution in [0, 0.1) is 0 Å². The summed E-state index contributed by atoms with van der Waals surface area (Å²) >= 11 is 15.6. The molecule has 24 heavy (non-hydrogen) atoms. The van der Waals surface area contributed by atoms with Gasteiger partial charge in [-0.15, -0.1) is 0 Å². The second-order valence-electron chi connectivity index (χ2n) is 5.45. The highest BCUT2D eigenvalue weighted by Crippen LogP contribution is 2.34. The molecule has 6 heteroatoms. The van der Waals surface area contributed by atoms with Crippen LogP contribution in [-0.4, -0.2) is 15.6 Å². The van der Waals surface area contributed by atoms with Crippen molar-refractivity contribution >= 4 is 56.0 Å². The van der Waals surface area contributed by atoms with Gasteiger partial charge in [-0.3, -0.25) is 0 Å². The summed E-state index contributed by atoms with van der Waals surface area (Å²) in [6, 6.07) is 11.1. The molecular formula is C18H14BrCl2NO2. The SMILES string of the molecule is CCc1c(C(=O)O)n(Cc2ccc(Cl)c(Cl)c2)c2cccc(Br)c12. The maximum Gasteiger partial charge on any atom is 0.352 e. The van der Waals surface area contributed by atoms with Crippen molar-refractivity contribution in [3.63, 3.8) is 0 Å². The monoisotopic (exact) mass is 425 g/mol. The van der Waals surface area contributed by atoms with E-state index in [2.05, 4.69) is 15.9 Å². The molecular weight excluding hydrogens is 413 g/mol. The lowest BCUT2D eigenvalue weighted by Crippen LogP contribution is -2.11. The highest BCUT2D eigenvalue weighted by atomic mass is 79.9. The molecule has 1 N–H and O–H groups in total. The number of benzene rings is 2. The third kappa shape index (κ3) is 2.94. The Morgan fingerprint density at radius 3 is 2.58 bits per heavy atom. The van der Waals surface area contributed by atoms with Crippen LogP contribution in [0.5, 0.6) is 0 Å². The maximum atomic E-state index is 11.9. The van der Waals surface area contributed by atoms with Crippen LogP contribution in [0.1, 0.15) is 28.5 Å². The number of aryl methyl sites for hydroxylation is 1. The van der Waals surface area contributed by atoms with Gasteiger partial charge >= 0.3 is 5.97 Å². The van der Waals surface area contributed by atoms with Gasteiger partial charge in [0.15, 0.2) is 0 Å². The molecule has 3 nitrogen and oxygen atoms in total. The van der Waals surface area contributed by atoms with E-state index in [1.54, 1.807) is 12.1 Å². The molecule has 3 rings (SSSR count). The first-order chi connectivity index (χ1) is 11.4. The molecule has 0 radical (unpaired) electrons. The molecule has 0 aliphatic heterocycles. The first-order valence-corrected chi connectivity index (χ1v) is 8.95. The van der Waals surface area contributed by atoms with Gasteiger partial charge in [-0.1, -0.05) is 58.2 Å². The molecule has 0 saturated heterocycles. The van der Waals surface area contributed by atoms with E-state index in [0.717, 1.165) is 26.5 Å². The molecule has 0 aliphatic rings. The highest BCUT2D eigenvalue weighted by molar-refractivity contribution is 9.10. The van der Waals surface area contributed by atoms with Crippen LogP contribution in [0.2, 0.25) is 10.0 Å². The largest absolute Gasteiger partial charge is 0.477 e. The average Bonchev–Trinajstić information content (AvgIpc) is 2.86. The van der Waals surface area contributed by atoms with Crippen LogP contribution in [0.4, 0.5) is 0 Å². The minimum atomic E-state index is -0.935. The van der Waals surface area contributed by atoms with Crippen molar-refractivity contribution in [2.45, 2.75) is 19.9 Å². The van der Waals surface area contributed by atoms with Crippen molar-refractivity contribution in [1.82, 2.24) is 4.57 Å². The topological polar surface area (TPSA) is 42.2 Å². The fraction of sp³-hybridized carbons (Fsp3) is 0.167. The Balaban J connectivity index is 2.26. The molecule has 0 spiro atoms. The van der Waals surface area contributed by atoms with Crippen molar-refractivity contribution in [3.8, 4) is 0 Å². The second kappa shape index (κ2) is 6.79. The predicted octanol–water partition coefficient (Wildman–Crippen LogP) is 6.02. The van der Waals surface area contributed by atoms with E-state index in [9.17, 15) is 9.90 Å². The van der Waals surface area contributed by atoms with Crippen molar-refractivity contribution in [2.24, 2.45) is 0 Å². The normalized spacial score (nSPS) is 11.2. The van der Waals surface area contributed by atoms with E-state index in [4.69, 9.17) is 23.2 Å². The molecule has 0 bridgehead atoms. The van der Waals surface area contributed by atoms with E-state index in [1.807, 2.05) is 35.8 Å². The van der Waals surface area contributed by atoms with Crippen LogP contribution in [0.15, 0.2) is 40.9 Å². The predicted molar refractivity (Wildman–Crippen MR) is 102 cm³/mol. The Morgan fingerprint density at radius 2 is 1.96 bits per heavy atom. The first kappa shape index (κ1) is 17.3. The van der Waals surface area contributed by atoms with Crippen LogP contribution in [0.25, 0.3) is 10.9 Å². The molecule has 2 aromatic carbocycles. The fourth-order valence-corrected chi connectivity index (χ4v) is 3.93. The van der Waals surface area contributed by atoms with Gasteiger partial charge in [-0.2, -0.15) is 0 Å². The summed E-state index contributed by atoms with van der Waals surface area (Å²) in [7, 11) is 0. The number of nitrogens with zero attached hydrogens (tertiary/aromatic N) is 1. The summed E-state index contributed by atoms with van der Waals surface area (Å²) in [5, 5.41) is 11.6. The van der Waals surface area contributed by atoms with Crippen LogP contribution in [-0.2, 0) is 13.0 Å². The number of hydrogen-bond donors (Lipinski definition) is 1. The number of aromatic carboxylic acids is 1. The third-order valence-corrected chi connectivity index (χ3v) is 5.42. The van der Waals surface area contributed by atoms with Gasteiger partial charge < -0.3 is 9.67 Å². The van der Waals surface area contributed by atoms with Crippen molar-refractivity contribution in [3.05, 3.63) is 67.7 Å². The Hall–Kier alpha value is -1.49. The first-order valence-electron chi connectivity index (χ1n) is 7.40. The third-order valence-electron chi connectivity index (χ3n) is 4.02. The minimum absolute atomic E-state index is 0.311. The number of carbonyl (C=O) groups is 1. The summed E-state index contributed by atoms with van der Waals surface area (Å²) < 4.78 is 2.72. The highest BCUT2D eigenvalue weighted by Gasteiger charge is 2.22. The van der Waals surface area contributed by atoms with E-state index in [1.165, 1.54) is 0 Å². The molecule has 1 aromatic heterocycles. The van der Waals surface area contributed by atoms with E-state index >= 15 is 0 Å². The number of carboxylic acid groups (broad SMARTS) is 1. The summed E-state index contributed by atoms with van der Waals surface area (Å²) in [6.07, 6.45) is 0.634. The Bertz CT molecular complexity index is 950. The zero-order chi connectivity index (χ0) is 17.4. The van der Waals surface area contributed by atoms with Gasteiger partial charge in [-0.25, -0.2) is 4.79 Å². The summed E-state index contributed by atoms with van der Waals surface area (Å²) in [5.74, 6) is -0.935. The molecule has 0 atom stereocenters. The smallest absolute Gasteiger partial charge is 0.352 e. The quantitative estimate of drug-likeness (QED) is 0.554. The second-order valence-corrected chi connectivity index (χ2v) is 7.12. The number of carboxylic acids is 1. The number of fused-ring (bicyclic) bond motifs is 1. The summed E-state index contributed by atoms with van der Waals surface area (Å²) in [4.78, 5) is 11.9. The van der Waals surface area contributed by atoms with Gasteiger partial charge in [0.1, 0.15) is 5.69 Å². The molecule has 0 saturated carbocycles. The van der Waals surface area contributed by atoms with E-state index in [-0.39, 0.29) is 0 Å². The van der Waals surface area contributed by atoms with Crippen molar-refractivity contribution in [1.29, 1.82) is 0 Å². The molecule has 1 heterocycles. The lowest BCUT2D eigenvalue weighted by molar-refractivity contribution is 0.0685. The molecule has 0 unspecified atom stereocenters. The molecule has 0 amide bonds. The molecule has 0 fully saturated rings. The Kier molecular flexibility index (Phi) is 4.90. The molecule has 124 valence electrons. The number of aromatic nitrogens is 1. The fourth-order valence-electron chi connectivity index (χ4n) is 3.01. The number of rotatable bonds is 4. The molecule has 0 aliphatic carbocycles. The number of halogens is 3. The lowest BCUT2D eigenvalue weighted by atomic mass is 10.1. The van der Waals surface area contributed by atoms with Crippen LogP contribution >= 0.6 is 39.1 Å². The minimum Gasteiger partial charge on any atom is -0.477 e. The van der Waals surface area contributed by atoms with Gasteiger partial charge in [-0.05, 0) is 41.8 Å². The summed E-state index contributed by atoms with van der Waals surface area (Å²) in [6.45, 7) is 2.37. The van der Waals surface area contributed by atoms with Gasteiger partial charge in [0.2, 0.25) is 0 Å². The zero-order valence-electron chi connectivity index (χ0n) is 12.8. The van der Waals surface area contributed by atoms with Crippen molar-refractivity contribution < 1.29 is 9.90 Å². The standard InChI is InChI=1S/C18H14BrCl2NO2/c1-2-11-16-12(19)4-3-5-15(16)22(17(11)18(23)24)9-10-6-7-13(20)14(21)8-10/h3-8H,2,9H2,1H3,(H,23,24). The van der Waals surface area contributed by atoms with Gasteiger partial charge in [0.05, 0.1) is 15.6 Å². The maximum absolute atomic E-state index is 11.9. The summed E-state index contributed by atoms with van der Waals surface area (Å²) in [5.41, 5.74) is 2.91. The Labute approximate surface area is 157 Å². The van der Waals surface area contributed by atoms with Crippen LogP contribution < -0.4 is 0 Å². The van der Waals surface area contributed by atoms with Crippen molar-refractivity contribution in [2.75, 3.05) is 0 Å². The van der Waals surface area contributed by atoms with Gasteiger partial charge in [0.25, 0.3) is 0 Å². The molecule has 3 aromatic rings.